The van der Waals surface area contributed by atoms with E-state index in [-0.39, 0.29) is 17.7 Å². The summed E-state index contributed by atoms with van der Waals surface area (Å²) in [6.07, 6.45) is 3.65. The van der Waals surface area contributed by atoms with Gasteiger partial charge in [-0.2, -0.15) is 0 Å². The third-order valence-corrected chi connectivity index (χ3v) is 4.80. The molecule has 7 nitrogen and oxygen atoms in total. The van der Waals surface area contributed by atoms with Gasteiger partial charge in [-0.1, -0.05) is 16.4 Å². The summed E-state index contributed by atoms with van der Waals surface area (Å²) in [5.74, 6) is 0.918. The number of hydrogen-bond donors (Lipinski definition) is 0. The van der Waals surface area contributed by atoms with Crippen LogP contribution in [-0.2, 0) is 0 Å². The van der Waals surface area contributed by atoms with E-state index >= 15 is 0 Å². The summed E-state index contributed by atoms with van der Waals surface area (Å²) in [6, 6.07) is 5.61. The van der Waals surface area contributed by atoms with Crippen molar-refractivity contribution in [3.8, 4) is 11.1 Å². The van der Waals surface area contributed by atoms with Crippen LogP contribution in [0, 0.1) is 20.8 Å². The Balaban J connectivity index is 1.59. The molecule has 0 radical (unpaired) electrons. The predicted molar refractivity (Wildman–Crippen MR) is 93.5 cm³/mol. The molecule has 1 atom stereocenters. The maximum Gasteiger partial charge on any atom is 0.293 e. The lowest BCUT2D eigenvalue weighted by atomic mass is 10.0. The average Bonchev–Trinajstić information content (AvgIpc) is 3.35. The summed E-state index contributed by atoms with van der Waals surface area (Å²) < 4.78 is 10.4. The van der Waals surface area contributed by atoms with Gasteiger partial charge in [0.1, 0.15) is 5.76 Å². The predicted octanol–water partition coefficient (Wildman–Crippen LogP) is 3.63. The van der Waals surface area contributed by atoms with Gasteiger partial charge in [0.05, 0.1) is 23.1 Å². The maximum absolute atomic E-state index is 12.7. The monoisotopic (exact) mass is 352 g/mol. The molecule has 26 heavy (non-hydrogen) atoms. The summed E-state index contributed by atoms with van der Waals surface area (Å²) in [5, 5.41) is 7.80. The fraction of sp³-hybridized carbons (Fsp3) is 0.368. The first-order valence-corrected chi connectivity index (χ1v) is 8.68. The van der Waals surface area contributed by atoms with Gasteiger partial charge in [0.25, 0.3) is 5.91 Å². The van der Waals surface area contributed by atoms with E-state index in [0.29, 0.717) is 12.2 Å². The number of hydrogen-bond acceptors (Lipinski definition) is 6. The van der Waals surface area contributed by atoms with Gasteiger partial charge in [-0.15, -0.1) is 0 Å². The fourth-order valence-corrected chi connectivity index (χ4v) is 3.57. The van der Waals surface area contributed by atoms with Crippen molar-refractivity contribution in [2.75, 3.05) is 6.54 Å². The summed E-state index contributed by atoms with van der Waals surface area (Å²) in [4.78, 5) is 19.2. The molecule has 1 fully saturated rings. The number of amides is 1. The van der Waals surface area contributed by atoms with E-state index in [4.69, 9.17) is 9.05 Å². The first-order valence-electron chi connectivity index (χ1n) is 8.68. The van der Waals surface area contributed by atoms with E-state index in [2.05, 4.69) is 15.3 Å². The summed E-state index contributed by atoms with van der Waals surface area (Å²) >= 11 is 0. The Morgan fingerprint density at radius 2 is 2.04 bits per heavy atom. The molecule has 1 aliphatic rings. The zero-order valence-corrected chi connectivity index (χ0v) is 15.0. The van der Waals surface area contributed by atoms with E-state index in [1.165, 1.54) is 0 Å². The first-order chi connectivity index (χ1) is 12.5. The normalized spacial score (nSPS) is 17.0. The number of pyridine rings is 1. The van der Waals surface area contributed by atoms with E-state index in [9.17, 15) is 4.79 Å². The van der Waals surface area contributed by atoms with Crippen LogP contribution in [0.25, 0.3) is 11.1 Å². The maximum atomic E-state index is 12.7. The summed E-state index contributed by atoms with van der Waals surface area (Å²) in [5.41, 5.74) is 4.36. The highest BCUT2D eigenvalue weighted by atomic mass is 16.5. The number of rotatable bonds is 3. The highest BCUT2D eigenvalue weighted by Gasteiger charge is 2.33. The van der Waals surface area contributed by atoms with Gasteiger partial charge in [0, 0.05) is 29.9 Å². The Morgan fingerprint density at radius 3 is 2.65 bits per heavy atom. The van der Waals surface area contributed by atoms with Gasteiger partial charge >= 0.3 is 0 Å². The number of likely N-dealkylation sites (tertiary alicyclic amines) is 1. The third-order valence-electron chi connectivity index (χ3n) is 4.80. The largest absolute Gasteiger partial charge is 0.361 e. The molecule has 0 aliphatic carbocycles. The van der Waals surface area contributed by atoms with E-state index in [1.807, 2.05) is 37.1 Å². The highest BCUT2D eigenvalue weighted by Crippen LogP contribution is 2.33. The van der Waals surface area contributed by atoms with Crippen LogP contribution in [0.3, 0.4) is 0 Å². The Morgan fingerprint density at radius 1 is 1.19 bits per heavy atom. The van der Waals surface area contributed by atoms with E-state index in [0.717, 1.165) is 41.1 Å². The smallest absolute Gasteiger partial charge is 0.293 e. The third kappa shape index (κ3) is 2.79. The second-order valence-corrected chi connectivity index (χ2v) is 6.66. The topological polar surface area (TPSA) is 85.3 Å². The van der Waals surface area contributed by atoms with Gasteiger partial charge in [-0.25, -0.2) is 0 Å². The standard InChI is InChI=1S/C19H20N4O3/c1-11-9-17(26-21-11)19(24)23-8-4-5-16(23)15-7-6-14(10-20-15)18-12(2)22-25-13(18)3/h6-7,9-10,16H,4-5,8H2,1-3H3/t16-/m0/s1. The molecule has 3 aromatic rings. The lowest BCUT2D eigenvalue weighted by molar-refractivity contribution is 0.0690. The average molecular weight is 352 g/mol. The van der Waals surface area contributed by atoms with E-state index < -0.39 is 0 Å². The van der Waals surface area contributed by atoms with Crippen molar-refractivity contribution in [3.05, 3.63) is 53.0 Å². The molecule has 134 valence electrons. The summed E-state index contributed by atoms with van der Waals surface area (Å²) in [7, 11) is 0. The molecule has 0 bridgehead atoms. The van der Waals surface area contributed by atoms with Gasteiger partial charge in [-0.05, 0) is 39.7 Å². The van der Waals surface area contributed by atoms with E-state index in [1.54, 1.807) is 13.0 Å². The molecule has 1 saturated heterocycles. The zero-order chi connectivity index (χ0) is 18.3. The van der Waals surface area contributed by atoms with Crippen molar-refractivity contribution < 1.29 is 13.8 Å². The highest BCUT2D eigenvalue weighted by molar-refractivity contribution is 5.92. The minimum Gasteiger partial charge on any atom is -0.361 e. The zero-order valence-electron chi connectivity index (χ0n) is 15.0. The molecule has 0 spiro atoms. The molecule has 0 aromatic carbocycles. The Kier molecular flexibility index (Phi) is 4.06. The SMILES string of the molecule is Cc1cc(C(=O)N2CCC[C@H]2c2ccc(-c3c(C)noc3C)cn2)on1. The molecule has 3 aromatic heterocycles. The quantitative estimate of drug-likeness (QED) is 0.715. The summed E-state index contributed by atoms with van der Waals surface area (Å²) in [6.45, 7) is 6.30. The van der Waals surface area contributed by atoms with Crippen LogP contribution in [0.15, 0.2) is 33.4 Å². The minimum atomic E-state index is -0.135. The van der Waals surface area contributed by atoms with Gasteiger partial charge in [0.2, 0.25) is 5.76 Å². The van der Waals surface area contributed by atoms with Crippen LogP contribution in [0.5, 0.6) is 0 Å². The van der Waals surface area contributed by atoms with Gasteiger partial charge in [0.15, 0.2) is 0 Å². The van der Waals surface area contributed by atoms with Crippen LogP contribution in [-0.4, -0.2) is 32.6 Å². The van der Waals surface area contributed by atoms with Crippen LogP contribution in [0.2, 0.25) is 0 Å². The molecule has 0 saturated carbocycles. The van der Waals surface area contributed by atoms with Crippen molar-refractivity contribution in [2.24, 2.45) is 0 Å². The Labute approximate surface area is 151 Å². The molecule has 1 amide bonds. The van der Waals surface area contributed by atoms with Gasteiger partial charge < -0.3 is 13.9 Å². The molecule has 7 heteroatoms. The molecule has 4 rings (SSSR count). The van der Waals surface area contributed by atoms with Crippen LogP contribution in [0.1, 0.15) is 52.3 Å². The number of aromatic nitrogens is 3. The molecule has 4 heterocycles. The van der Waals surface area contributed by atoms with Gasteiger partial charge in [-0.3, -0.25) is 9.78 Å². The minimum absolute atomic E-state index is 0.0494. The molecular formula is C19H20N4O3. The van der Waals surface area contributed by atoms with Crippen LogP contribution < -0.4 is 0 Å². The first kappa shape index (κ1) is 16.5. The molecule has 0 unspecified atom stereocenters. The van der Waals surface area contributed by atoms with Crippen molar-refractivity contribution in [1.29, 1.82) is 0 Å². The van der Waals surface area contributed by atoms with Crippen molar-refractivity contribution in [2.45, 2.75) is 39.7 Å². The second-order valence-electron chi connectivity index (χ2n) is 6.66. The number of aryl methyl sites for hydroxylation is 3. The Hall–Kier alpha value is -2.96. The fourth-order valence-electron chi connectivity index (χ4n) is 3.57. The van der Waals surface area contributed by atoms with Crippen LogP contribution >= 0.6 is 0 Å². The molecule has 1 aliphatic heterocycles. The number of carbonyl (C=O) groups is 1. The van der Waals surface area contributed by atoms with Crippen molar-refractivity contribution in [1.82, 2.24) is 20.2 Å². The molecule has 0 N–H and O–H groups in total. The molecular weight excluding hydrogens is 332 g/mol. The lowest BCUT2D eigenvalue weighted by Gasteiger charge is -2.23. The number of carbonyl (C=O) groups excluding carboxylic acids is 1. The second kappa shape index (κ2) is 6.40. The lowest BCUT2D eigenvalue weighted by Crippen LogP contribution is -2.30. The van der Waals surface area contributed by atoms with Crippen molar-refractivity contribution >= 4 is 5.91 Å². The van der Waals surface area contributed by atoms with Crippen molar-refractivity contribution in [3.63, 3.8) is 0 Å². The number of nitrogens with zero attached hydrogens (tertiary/aromatic N) is 4. The van der Waals surface area contributed by atoms with Crippen LogP contribution in [0.4, 0.5) is 0 Å². The Bertz CT molecular complexity index is 923.